The zero-order valence-corrected chi connectivity index (χ0v) is 19.7. The minimum Gasteiger partial charge on any atom is -0.497 e. The van der Waals surface area contributed by atoms with Crippen LogP contribution in [0.1, 0.15) is 34.0 Å². The van der Waals surface area contributed by atoms with Gasteiger partial charge in [0.05, 0.1) is 13.7 Å². The lowest BCUT2D eigenvalue weighted by Crippen LogP contribution is -2.21. The van der Waals surface area contributed by atoms with E-state index >= 15 is 0 Å². The van der Waals surface area contributed by atoms with Gasteiger partial charge >= 0.3 is 5.97 Å². The molecule has 6 nitrogen and oxygen atoms in total. The lowest BCUT2D eigenvalue weighted by Gasteiger charge is -2.14. The van der Waals surface area contributed by atoms with Gasteiger partial charge in [0.2, 0.25) is 0 Å². The Morgan fingerprint density at radius 1 is 1.00 bits per heavy atom. The maximum Gasteiger partial charge on any atom is 0.341 e. The molecule has 0 aliphatic rings. The van der Waals surface area contributed by atoms with Crippen LogP contribution in [0.2, 0.25) is 0 Å². The van der Waals surface area contributed by atoms with E-state index in [1.807, 2.05) is 62.5 Å². The van der Waals surface area contributed by atoms with Gasteiger partial charge in [-0.25, -0.2) is 4.79 Å². The van der Waals surface area contributed by atoms with Crippen molar-refractivity contribution in [1.29, 1.82) is 0 Å². The zero-order chi connectivity index (χ0) is 23.3. The highest BCUT2D eigenvalue weighted by Gasteiger charge is 2.23. The summed E-state index contributed by atoms with van der Waals surface area (Å²) in [4.78, 5) is 25.4. The van der Waals surface area contributed by atoms with Crippen molar-refractivity contribution in [3.05, 3.63) is 64.0 Å². The van der Waals surface area contributed by atoms with Crippen molar-refractivity contribution in [3.8, 4) is 22.6 Å². The SMILES string of the molecule is CCOC(=O)c1c(-c2ccc(OC)cc2)csc1NC(=O)COc1c(C)ccc(C)c1C. The predicted octanol–water partition coefficient (Wildman–Crippen LogP) is 5.54. The molecule has 0 aliphatic carbocycles. The fraction of sp³-hybridized carbons (Fsp3) is 0.280. The minimum atomic E-state index is -0.485. The highest BCUT2D eigenvalue weighted by Crippen LogP contribution is 2.37. The molecule has 0 aliphatic heterocycles. The molecule has 2 aromatic carbocycles. The van der Waals surface area contributed by atoms with E-state index in [1.165, 1.54) is 11.3 Å². The van der Waals surface area contributed by atoms with E-state index in [-0.39, 0.29) is 19.1 Å². The molecule has 0 spiro atoms. The van der Waals surface area contributed by atoms with Gasteiger partial charge in [0, 0.05) is 10.9 Å². The third-order valence-electron chi connectivity index (χ3n) is 5.15. The number of ether oxygens (including phenoxy) is 3. The molecular formula is C25H27NO5S. The van der Waals surface area contributed by atoms with Crippen molar-refractivity contribution < 1.29 is 23.8 Å². The average molecular weight is 454 g/mol. The highest BCUT2D eigenvalue weighted by atomic mass is 32.1. The summed E-state index contributed by atoms with van der Waals surface area (Å²) in [6, 6.07) is 11.4. The number of esters is 1. The summed E-state index contributed by atoms with van der Waals surface area (Å²) in [6.07, 6.45) is 0. The lowest BCUT2D eigenvalue weighted by molar-refractivity contribution is -0.118. The van der Waals surface area contributed by atoms with Crippen LogP contribution in [0.3, 0.4) is 0 Å². The Bertz CT molecular complexity index is 1120. The Kier molecular flexibility index (Phi) is 7.53. The van der Waals surface area contributed by atoms with Gasteiger partial charge in [-0.2, -0.15) is 0 Å². The van der Waals surface area contributed by atoms with Crippen LogP contribution in [0, 0.1) is 20.8 Å². The molecular weight excluding hydrogens is 426 g/mol. The third-order valence-corrected chi connectivity index (χ3v) is 6.04. The summed E-state index contributed by atoms with van der Waals surface area (Å²) in [6.45, 7) is 7.73. The molecule has 1 heterocycles. The van der Waals surface area contributed by atoms with Crippen LogP contribution in [0.15, 0.2) is 41.8 Å². The minimum absolute atomic E-state index is 0.164. The number of methoxy groups -OCH3 is 1. The monoisotopic (exact) mass is 453 g/mol. The maximum absolute atomic E-state index is 12.7. The van der Waals surface area contributed by atoms with Gasteiger partial charge in [-0.05, 0) is 62.1 Å². The van der Waals surface area contributed by atoms with Crippen molar-refractivity contribution in [2.45, 2.75) is 27.7 Å². The molecule has 0 unspecified atom stereocenters. The maximum atomic E-state index is 12.7. The van der Waals surface area contributed by atoms with Crippen molar-refractivity contribution >= 4 is 28.2 Å². The molecule has 1 N–H and O–H groups in total. The molecule has 0 radical (unpaired) electrons. The van der Waals surface area contributed by atoms with Gasteiger partial charge in [-0.1, -0.05) is 24.3 Å². The number of hydrogen-bond acceptors (Lipinski definition) is 6. The van der Waals surface area contributed by atoms with Crippen LogP contribution in [0.5, 0.6) is 11.5 Å². The van der Waals surface area contributed by atoms with E-state index in [4.69, 9.17) is 14.2 Å². The van der Waals surface area contributed by atoms with Crippen LogP contribution in [-0.4, -0.2) is 32.2 Å². The molecule has 7 heteroatoms. The molecule has 32 heavy (non-hydrogen) atoms. The zero-order valence-electron chi connectivity index (χ0n) is 18.9. The molecule has 0 fully saturated rings. The van der Waals surface area contributed by atoms with Gasteiger partial charge in [-0.3, -0.25) is 4.79 Å². The Hall–Kier alpha value is -3.32. The summed E-state index contributed by atoms with van der Waals surface area (Å²) < 4.78 is 16.3. The number of hydrogen-bond donors (Lipinski definition) is 1. The van der Waals surface area contributed by atoms with Gasteiger partial charge in [0.25, 0.3) is 5.91 Å². The lowest BCUT2D eigenvalue weighted by atomic mass is 10.0. The van der Waals surface area contributed by atoms with E-state index < -0.39 is 5.97 Å². The average Bonchev–Trinajstić information content (AvgIpc) is 3.20. The number of amides is 1. The quantitative estimate of drug-likeness (QED) is 0.453. The summed E-state index contributed by atoms with van der Waals surface area (Å²) in [5, 5.41) is 5.08. The first-order valence-electron chi connectivity index (χ1n) is 10.3. The molecule has 3 aromatic rings. The van der Waals surface area contributed by atoms with E-state index in [0.717, 1.165) is 22.3 Å². The summed E-state index contributed by atoms with van der Waals surface area (Å²) in [7, 11) is 1.60. The van der Waals surface area contributed by atoms with Gasteiger partial charge in [-0.15, -0.1) is 11.3 Å². The van der Waals surface area contributed by atoms with Crippen molar-refractivity contribution in [1.82, 2.24) is 0 Å². The summed E-state index contributed by atoms with van der Waals surface area (Å²) in [5.41, 5.74) is 4.91. The first-order valence-corrected chi connectivity index (χ1v) is 11.2. The van der Waals surface area contributed by atoms with Crippen molar-refractivity contribution in [3.63, 3.8) is 0 Å². The van der Waals surface area contributed by atoms with Crippen LogP contribution < -0.4 is 14.8 Å². The molecule has 0 saturated carbocycles. The van der Waals surface area contributed by atoms with Crippen LogP contribution in [0.25, 0.3) is 11.1 Å². The molecule has 0 atom stereocenters. The third kappa shape index (κ3) is 5.11. The number of aryl methyl sites for hydroxylation is 2. The van der Waals surface area contributed by atoms with E-state index in [0.29, 0.717) is 27.6 Å². The first kappa shape index (κ1) is 23.3. The number of anilines is 1. The Balaban J connectivity index is 1.82. The van der Waals surface area contributed by atoms with E-state index in [9.17, 15) is 9.59 Å². The second-order valence-electron chi connectivity index (χ2n) is 7.29. The molecule has 3 rings (SSSR count). The van der Waals surface area contributed by atoms with Gasteiger partial charge in [0.15, 0.2) is 6.61 Å². The predicted molar refractivity (Wildman–Crippen MR) is 127 cm³/mol. The molecule has 0 bridgehead atoms. The Morgan fingerprint density at radius 3 is 2.34 bits per heavy atom. The Morgan fingerprint density at radius 2 is 1.69 bits per heavy atom. The fourth-order valence-corrected chi connectivity index (χ4v) is 4.26. The van der Waals surface area contributed by atoms with Crippen LogP contribution in [0.4, 0.5) is 5.00 Å². The molecule has 168 valence electrons. The van der Waals surface area contributed by atoms with Gasteiger partial charge < -0.3 is 19.5 Å². The molecule has 0 saturated heterocycles. The second kappa shape index (κ2) is 10.3. The topological polar surface area (TPSA) is 73.9 Å². The van der Waals surface area contributed by atoms with Crippen molar-refractivity contribution in [2.75, 3.05) is 25.6 Å². The first-order chi connectivity index (χ1) is 15.3. The van der Waals surface area contributed by atoms with Gasteiger partial charge in [0.1, 0.15) is 22.1 Å². The standard InChI is InChI=1S/C25H27NO5S/c1-6-30-25(28)22-20(18-9-11-19(29-5)12-10-18)14-32-24(22)26-21(27)13-31-23-16(3)8-7-15(2)17(23)4/h7-12,14H,6,13H2,1-5H3,(H,26,27). The number of thiophene rings is 1. The highest BCUT2D eigenvalue weighted by molar-refractivity contribution is 7.15. The fourth-order valence-electron chi connectivity index (χ4n) is 3.29. The molecule has 1 aromatic heterocycles. The summed E-state index contributed by atoms with van der Waals surface area (Å²) in [5.74, 6) is 0.588. The van der Waals surface area contributed by atoms with Crippen molar-refractivity contribution in [2.24, 2.45) is 0 Å². The number of carbonyl (C=O) groups is 2. The number of benzene rings is 2. The second-order valence-corrected chi connectivity index (χ2v) is 8.17. The van der Waals surface area contributed by atoms with Crippen LogP contribution >= 0.6 is 11.3 Å². The smallest absolute Gasteiger partial charge is 0.341 e. The number of carbonyl (C=O) groups excluding carboxylic acids is 2. The van der Waals surface area contributed by atoms with E-state index in [1.54, 1.807) is 14.0 Å². The largest absolute Gasteiger partial charge is 0.497 e. The Labute approximate surface area is 192 Å². The number of rotatable bonds is 8. The normalized spacial score (nSPS) is 10.5. The summed E-state index contributed by atoms with van der Waals surface area (Å²) >= 11 is 1.27. The van der Waals surface area contributed by atoms with E-state index in [2.05, 4.69) is 5.32 Å². The van der Waals surface area contributed by atoms with Crippen LogP contribution in [-0.2, 0) is 9.53 Å². The number of nitrogens with one attached hydrogen (secondary N) is 1. The molecule has 1 amide bonds.